The number of aromatic nitrogens is 1. The van der Waals surface area contributed by atoms with Crippen LogP contribution in [0.1, 0.15) is 29.2 Å². The molecule has 2 bridgehead atoms. The van der Waals surface area contributed by atoms with E-state index < -0.39 is 17.9 Å². The molecule has 8 heteroatoms. The quantitative estimate of drug-likeness (QED) is 0.561. The number of carboxylic acid groups (broad SMARTS) is 1. The molecule has 2 aliphatic rings. The average Bonchev–Trinajstić information content (AvgIpc) is 3.22. The van der Waals surface area contributed by atoms with Gasteiger partial charge in [-0.25, -0.2) is 9.59 Å². The van der Waals surface area contributed by atoms with Crippen molar-refractivity contribution >= 4 is 17.9 Å². The monoisotopic (exact) mass is 496 g/mol. The van der Waals surface area contributed by atoms with Crippen LogP contribution in [0.4, 0.5) is 4.79 Å². The SMILES string of the molecule is CN(Cc1ccccn1)C(=O)N1C2=CC[C@H]1CN(C(=O)C(c1ccccc1)c1ccccc1)[C@@H]2C(=O)O. The number of fused-ring (bicyclic) bond motifs is 2. The van der Waals surface area contributed by atoms with E-state index in [-0.39, 0.29) is 24.5 Å². The number of carbonyl (C=O) groups excluding carboxylic acids is 2. The second-order valence-electron chi connectivity index (χ2n) is 9.33. The Morgan fingerprint density at radius 1 is 0.973 bits per heavy atom. The minimum absolute atomic E-state index is 0.134. The molecular weight excluding hydrogens is 468 g/mol. The number of piperazine rings is 1. The van der Waals surface area contributed by atoms with Crippen LogP contribution in [0.25, 0.3) is 0 Å². The van der Waals surface area contributed by atoms with Crippen LogP contribution in [-0.4, -0.2) is 68.4 Å². The third-order valence-electron chi connectivity index (χ3n) is 6.93. The first kappa shape index (κ1) is 24.2. The highest BCUT2D eigenvalue weighted by Crippen LogP contribution is 2.37. The number of aliphatic carboxylic acids is 1. The zero-order valence-corrected chi connectivity index (χ0v) is 20.5. The molecule has 2 aromatic carbocycles. The molecule has 1 saturated heterocycles. The topological polar surface area (TPSA) is 94.1 Å². The summed E-state index contributed by atoms with van der Waals surface area (Å²) >= 11 is 0. The summed E-state index contributed by atoms with van der Waals surface area (Å²) in [5, 5.41) is 10.3. The van der Waals surface area contributed by atoms with Gasteiger partial charge >= 0.3 is 12.0 Å². The zero-order chi connectivity index (χ0) is 25.9. The molecule has 5 rings (SSSR count). The summed E-state index contributed by atoms with van der Waals surface area (Å²) in [5.74, 6) is -2.11. The Bertz CT molecular complexity index is 1270. The lowest BCUT2D eigenvalue weighted by molar-refractivity contribution is -0.151. The molecule has 0 radical (unpaired) electrons. The number of benzene rings is 2. The maximum Gasteiger partial charge on any atom is 0.332 e. The van der Waals surface area contributed by atoms with Crippen LogP contribution in [-0.2, 0) is 16.1 Å². The molecular formula is C29H28N4O4. The minimum Gasteiger partial charge on any atom is -0.479 e. The summed E-state index contributed by atoms with van der Waals surface area (Å²) in [7, 11) is 1.67. The zero-order valence-electron chi connectivity index (χ0n) is 20.5. The van der Waals surface area contributed by atoms with Crippen molar-refractivity contribution in [1.29, 1.82) is 0 Å². The summed E-state index contributed by atoms with van der Waals surface area (Å²) in [4.78, 5) is 48.9. The van der Waals surface area contributed by atoms with Crippen LogP contribution >= 0.6 is 0 Å². The number of rotatable bonds is 6. The van der Waals surface area contributed by atoms with Crippen LogP contribution < -0.4 is 0 Å². The van der Waals surface area contributed by atoms with Crippen LogP contribution in [0.5, 0.6) is 0 Å². The molecule has 0 saturated carbocycles. The second kappa shape index (κ2) is 10.3. The normalized spacial score (nSPS) is 18.5. The number of carboxylic acids is 1. The van der Waals surface area contributed by atoms with E-state index >= 15 is 0 Å². The van der Waals surface area contributed by atoms with E-state index in [1.54, 1.807) is 24.2 Å². The predicted molar refractivity (Wildman–Crippen MR) is 137 cm³/mol. The van der Waals surface area contributed by atoms with Gasteiger partial charge in [-0.05, 0) is 29.7 Å². The first-order valence-corrected chi connectivity index (χ1v) is 12.2. The molecule has 3 aromatic rings. The third kappa shape index (κ3) is 4.70. The van der Waals surface area contributed by atoms with Crippen LogP contribution in [0.15, 0.2) is 96.8 Å². The van der Waals surface area contributed by atoms with Gasteiger partial charge in [-0.3, -0.25) is 14.7 Å². The number of urea groups is 1. The molecule has 1 aromatic heterocycles. The molecule has 0 aliphatic carbocycles. The molecule has 0 unspecified atom stereocenters. The molecule has 37 heavy (non-hydrogen) atoms. The Balaban J connectivity index is 1.44. The summed E-state index contributed by atoms with van der Waals surface area (Å²) in [6, 6.07) is 22.4. The molecule has 1 N–H and O–H groups in total. The van der Waals surface area contributed by atoms with Crippen molar-refractivity contribution in [3.63, 3.8) is 0 Å². The molecule has 0 spiro atoms. The maximum atomic E-state index is 14.1. The lowest BCUT2D eigenvalue weighted by atomic mass is 9.89. The maximum absolute atomic E-state index is 14.1. The van der Waals surface area contributed by atoms with Crippen LogP contribution in [0, 0.1) is 0 Å². The van der Waals surface area contributed by atoms with Gasteiger partial charge < -0.3 is 14.9 Å². The van der Waals surface area contributed by atoms with Gasteiger partial charge in [-0.2, -0.15) is 0 Å². The number of pyridine rings is 1. The van der Waals surface area contributed by atoms with Crippen molar-refractivity contribution in [3.05, 3.63) is 114 Å². The summed E-state index contributed by atoms with van der Waals surface area (Å²) in [6.45, 7) is 0.426. The first-order valence-electron chi connectivity index (χ1n) is 12.2. The van der Waals surface area contributed by atoms with Gasteiger partial charge in [-0.1, -0.05) is 72.8 Å². The smallest absolute Gasteiger partial charge is 0.332 e. The average molecular weight is 497 g/mol. The van der Waals surface area contributed by atoms with Gasteiger partial charge in [0, 0.05) is 19.8 Å². The molecule has 8 nitrogen and oxygen atoms in total. The molecule has 3 heterocycles. The highest BCUT2D eigenvalue weighted by molar-refractivity contribution is 5.93. The summed E-state index contributed by atoms with van der Waals surface area (Å²) in [6.07, 6.45) is 3.94. The lowest BCUT2D eigenvalue weighted by Crippen LogP contribution is -2.61. The highest BCUT2D eigenvalue weighted by Gasteiger charge is 2.50. The minimum atomic E-state index is -1.26. The number of nitrogens with zero attached hydrogens (tertiary/aromatic N) is 4. The van der Waals surface area contributed by atoms with Crippen LogP contribution in [0.3, 0.4) is 0 Å². The number of carbonyl (C=O) groups is 3. The fourth-order valence-electron chi connectivity index (χ4n) is 5.23. The Morgan fingerprint density at radius 3 is 2.16 bits per heavy atom. The van der Waals surface area contributed by atoms with Gasteiger partial charge in [0.05, 0.1) is 29.9 Å². The van der Waals surface area contributed by atoms with E-state index in [1.807, 2.05) is 78.9 Å². The van der Waals surface area contributed by atoms with Gasteiger partial charge in [0.1, 0.15) is 0 Å². The molecule has 3 amide bonds. The van der Waals surface area contributed by atoms with Gasteiger partial charge in [0.2, 0.25) is 5.91 Å². The third-order valence-corrected chi connectivity index (χ3v) is 6.93. The summed E-state index contributed by atoms with van der Waals surface area (Å²) < 4.78 is 0. The molecule has 1 fully saturated rings. The van der Waals surface area contributed by atoms with Gasteiger partial charge in [0.25, 0.3) is 0 Å². The van der Waals surface area contributed by atoms with Crippen molar-refractivity contribution in [3.8, 4) is 0 Å². The molecule has 2 atom stereocenters. The number of hydrogen-bond acceptors (Lipinski definition) is 4. The van der Waals surface area contributed by atoms with E-state index in [9.17, 15) is 19.5 Å². The second-order valence-corrected chi connectivity index (χ2v) is 9.33. The predicted octanol–water partition coefficient (Wildman–Crippen LogP) is 3.72. The van der Waals surface area contributed by atoms with E-state index in [0.29, 0.717) is 18.7 Å². The van der Waals surface area contributed by atoms with Crippen molar-refractivity contribution < 1.29 is 19.5 Å². The fraction of sp³-hybridized carbons (Fsp3) is 0.241. The van der Waals surface area contributed by atoms with E-state index in [0.717, 1.165) is 16.8 Å². The molecule has 188 valence electrons. The van der Waals surface area contributed by atoms with Gasteiger partial charge in [-0.15, -0.1) is 0 Å². The van der Waals surface area contributed by atoms with Crippen molar-refractivity contribution in [2.45, 2.75) is 31.0 Å². The Morgan fingerprint density at radius 2 is 1.59 bits per heavy atom. The van der Waals surface area contributed by atoms with E-state index in [4.69, 9.17) is 0 Å². The van der Waals surface area contributed by atoms with Gasteiger partial charge in [0.15, 0.2) is 6.04 Å². The largest absolute Gasteiger partial charge is 0.479 e. The van der Waals surface area contributed by atoms with Crippen molar-refractivity contribution in [2.24, 2.45) is 0 Å². The Hall–Kier alpha value is -4.46. The Labute approximate surface area is 215 Å². The molecule has 2 aliphatic heterocycles. The summed E-state index contributed by atoms with van der Waals surface area (Å²) in [5.41, 5.74) is 2.65. The highest BCUT2D eigenvalue weighted by atomic mass is 16.4. The van der Waals surface area contributed by atoms with Crippen molar-refractivity contribution in [2.75, 3.05) is 13.6 Å². The number of hydrogen-bond donors (Lipinski definition) is 1. The fourth-order valence-corrected chi connectivity index (χ4v) is 5.23. The Kier molecular flexibility index (Phi) is 6.72. The van der Waals surface area contributed by atoms with Crippen LogP contribution in [0.2, 0.25) is 0 Å². The first-order chi connectivity index (χ1) is 18.0. The lowest BCUT2D eigenvalue weighted by Gasteiger charge is -2.44. The number of amides is 3. The standard InChI is InChI=1S/C29H28N4O4/c1-31(18-22-14-8-9-17-30-22)29(37)33-23-15-16-24(33)26(28(35)36)32(19-23)27(34)25(20-10-4-2-5-11-20)21-12-6-3-7-13-21/h2-14,16-17,23,25-26H,15,18-19H2,1H3,(H,35,36)/t23-,26-/m0/s1. The van der Waals surface area contributed by atoms with Crippen molar-refractivity contribution in [1.82, 2.24) is 19.7 Å². The van der Waals surface area contributed by atoms with E-state index in [2.05, 4.69) is 4.98 Å². The van der Waals surface area contributed by atoms with E-state index in [1.165, 1.54) is 9.80 Å².